The zero-order valence-corrected chi connectivity index (χ0v) is 16.5. The highest BCUT2D eigenvalue weighted by Gasteiger charge is 2.14. The van der Waals surface area contributed by atoms with Gasteiger partial charge in [-0.05, 0) is 36.2 Å². The monoisotopic (exact) mass is 428 g/mol. The van der Waals surface area contributed by atoms with Crippen molar-refractivity contribution in [3.8, 4) is 17.2 Å². The molecule has 0 amide bonds. The zero-order chi connectivity index (χ0) is 20.2. The second kappa shape index (κ2) is 8.35. The fraction of sp³-hybridized carbons (Fsp3) is 0.294. The van der Waals surface area contributed by atoms with Gasteiger partial charge in [-0.2, -0.15) is 0 Å². The minimum absolute atomic E-state index is 0.0280. The van der Waals surface area contributed by atoms with Gasteiger partial charge in [0, 0.05) is 12.6 Å². The quantitative estimate of drug-likeness (QED) is 0.568. The van der Waals surface area contributed by atoms with Crippen molar-refractivity contribution in [1.29, 1.82) is 0 Å². The van der Waals surface area contributed by atoms with E-state index in [-0.39, 0.29) is 30.6 Å². The van der Waals surface area contributed by atoms with Gasteiger partial charge in [-0.3, -0.25) is 0 Å². The zero-order valence-electron chi connectivity index (χ0n) is 14.8. The van der Waals surface area contributed by atoms with Gasteiger partial charge in [0.25, 0.3) is 0 Å². The maximum atomic E-state index is 12.1. The van der Waals surface area contributed by atoms with E-state index in [1.54, 1.807) is 18.2 Å². The lowest BCUT2D eigenvalue weighted by Crippen LogP contribution is -2.26. The van der Waals surface area contributed by atoms with E-state index >= 15 is 0 Å². The summed E-state index contributed by atoms with van der Waals surface area (Å²) in [6.07, 6.45) is 0.300. The summed E-state index contributed by atoms with van der Waals surface area (Å²) in [4.78, 5) is -0.0280. The molecule has 0 spiro atoms. The van der Waals surface area contributed by atoms with E-state index in [2.05, 4.69) is 4.72 Å². The highest BCUT2D eigenvalue weighted by Crippen LogP contribution is 2.35. The maximum Gasteiger partial charge on any atom is 0.238 e. The average molecular weight is 428 g/mol. The van der Waals surface area contributed by atoms with Crippen LogP contribution < -0.4 is 24.1 Å². The van der Waals surface area contributed by atoms with Crippen LogP contribution in [0.4, 0.5) is 0 Å². The van der Waals surface area contributed by atoms with E-state index in [0.717, 1.165) is 0 Å². The lowest BCUT2D eigenvalue weighted by Gasteiger charge is -2.09. The number of ether oxygens (including phenoxy) is 3. The minimum atomic E-state index is -3.77. The van der Waals surface area contributed by atoms with Crippen molar-refractivity contribution < 1.29 is 31.0 Å². The summed E-state index contributed by atoms with van der Waals surface area (Å²) in [6.45, 7) is 0.452. The Morgan fingerprint density at radius 1 is 1.00 bits per heavy atom. The molecule has 0 aromatic heterocycles. The molecule has 152 valence electrons. The van der Waals surface area contributed by atoms with Crippen LogP contribution in [0.15, 0.2) is 47.4 Å². The van der Waals surface area contributed by atoms with Crippen molar-refractivity contribution in [2.45, 2.75) is 17.9 Å². The minimum Gasteiger partial charge on any atom is -0.493 e. The van der Waals surface area contributed by atoms with E-state index < -0.39 is 20.0 Å². The number of benzene rings is 2. The van der Waals surface area contributed by atoms with Crippen molar-refractivity contribution in [2.24, 2.45) is 5.14 Å². The van der Waals surface area contributed by atoms with E-state index in [0.29, 0.717) is 29.2 Å². The molecule has 0 bridgehead atoms. The molecule has 9 nitrogen and oxygen atoms in total. The van der Waals surface area contributed by atoms with Crippen molar-refractivity contribution in [2.75, 3.05) is 19.2 Å². The molecular weight excluding hydrogens is 408 g/mol. The van der Waals surface area contributed by atoms with Crippen molar-refractivity contribution in [3.63, 3.8) is 0 Å². The Morgan fingerprint density at radius 2 is 1.71 bits per heavy atom. The summed E-state index contributed by atoms with van der Waals surface area (Å²) in [5, 5.41) is 5.02. The molecule has 1 heterocycles. The summed E-state index contributed by atoms with van der Waals surface area (Å²) in [5.74, 6) is 1.72. The summed E-state index contributed by atoms with van der Waals surface area (Å²) in [6, 6.07) is 10.8. The molecule has 0 saturated carbocycles. The Hall–Kier alpha value is -2.34. The number of rotatable bonds is 9. The van der Waals surface area contributed by atoms with Gasteiger partial charge in [-0.15, -0.1) is 0 Å². The molecule has 0 radical (unpaired) electrons. The summed E-state index contributed by atoms with van der Waals surface area (Å²) in [5.41, 5.74) is 0.618. The molecule has 3 rings (SSSR count). The SMILES string of the molecule is NS(=O)(=O)c1ccc(CNS(=O)(=O)CCCOc2ccc3c(c2)OCO3)cc1. The molecule has 1 aliphatic rings. The Bertz CT molecular complexity index is 1040. The Balaban J connectivity index is 1.43. The third-order valence-electron chi connectivity index (χ3n) is 3.92. The standard InChI is InChI=1S/C17H20N2O7S2/c18-28(22,23)15-5-2-13(3-6-15)11-19-27(20,21)9-1-8-24-14-4-7-16-17(10-14)26-12-25-16/h2-7,10,19H,1,8-9,11-12H2,(H2,18,22,23). The maximum absolute atomic E-state index is 12.1. The fourth-order valence-electron chi connectivity index (χ4n) is 2.47. The van der Waals surface area contributed by atoms with Crippen LogP contribution in [0.1, 0.15) is 12.0 Å². The lowest BCUT2D eigenvalue weighted by molar-refractivity contribution is 0.173. The number of nitrogens with two attached hydrogens (primary N) is 1. The average Bonchev–Trinajstić information content (AvgIpc) is 3.11. The first-order valence-corrected chi connectivity index (χ1v) is 11.5. The first kappa shape index (κ1) is 20.4. The summed E-state index contributed by atoms with van der Waals surface area (Å²) < 4.78 is 65.0. The lowest BCUT2D eigenvalue weighted by atomic mass is 10.2. The molecule has 0 aliphatic carbocycles. The Morgan fingerprint density at radius 3 is 2.43 bits per heavy atom. The van der Waals surface area contributed by atoms with Gasteiger partial charge < -0.3 is 14.2 Å². The molecular formula is C17H20N2O7S2. The molecule has 0 fully saturated rings. The van der Waals surface area contributed by atoms with Gasteiger partial charge in [-0.25, -0.2) is 26.7 Å². The molecule has 11 heteroatoms. The normalized spacial score (nSPS) is 13.5. The van der Waals surface area contributed by atoms with Gasteiger partial charge in [0.1, 0.15) is 5.75 Å². The summed E-state index contributed by atoms with van der Waals surface area (Å²) >= 11 is 0. The van der Waals surface area contributed by atoms with E-state index in [1.807, 2.05) is 0 Å². The van der Waals surface area contributed by atoms with E-state index in [1.165, 1.54) is 24.3 Å². The Labute approximate surface area is 163 Å². The molecule has 2 aromatic carbocycles. The van der Waals surface area contributed by atoms with Gasteiger partial charge in [0.05, 0.1) is 17.3 Å². The number of nitrogens with one attached hydrogen (secondary N) is 1. The van der Waals surface area contributed by atoms with Crippen molar-refractivity contribution in [3.05, 3.63) is 48.0 Å². The van der Waals surface area contributed by atoms with Crippen LogP contribution in [0.25, 0.3) is 0 Å². The van der Waals surface area contributed by atoms with Crippen LogP contribution in [0.2, 0.25) is 0 Å². The predicted octanol–water partition coefficient (Wildman–Crippen LogP) is 0.951. The van der Waals surface area contributed by atoms with Gasteiger partial charge in [0.15, 0.2) is 11.5 Å². The molecule has 0 saturated heterocycles. The third-order valence-corrected chi connectivity index (χ3v) is 6.26. The fourth-order valence-corrected chi connectivity index (χ4v) is 4.01. The first-order valence-electron chi connectivity index (χ1n) is 8.34. The highest BCUT2D eigenvalue weighted by molar-refractivity contribution is 7.89. The van der Waals surface area contributed by atoms with Crippen LogP contribution in [-0.2, 0) is 26.6 Å². The summed E-state index contributed by atoms with van der Waals surface area (Å²) in [7, 11) is -7.27. The topological polar surface area (TPSA) is 134 Å². The molecule has 2 aromatic rings. The number of hydrogen-bond donors (Lipinski definition) is 2. The number of primary sulfonamides is 1. The largest absolute Gasteiger partial charge is 0.493 e. The number of hydrogen-bond acceptors (Lipinski definition) is 7. The van der Waals surface area contributed by atoms with Crippen LogP contribution in [0, 0.1) is 0 Å². The van der Waals surface area contributed by atoms with Gasteiger partial charge in [0.2, 0.25) is 26.8 Å². The van der Waals surface area contributed by atoms with Crippen LogP contribution in [-0.4, -0.2) is 36.0 Å². The molecule has 28 heavy (non-hydrogen) atoms. The van der Waals surface area contributed by atoms with E-state index in [4.69, 9.17) is 19.3 Å². The van der Waals surface area contributed by atoms with Crippen LogP contribution in [0.3, 0.4) is 0 Å². The van der Waals surface area contributed by atoms with Crippen LogP contribution >= 0.6 is 0 Å². The molecule has 0 unspecified atom stereocenters. The number of fused-ring (bicyclic) bond motifs is 1. The predicted molar refractivity (Wildman–Crippen MR) is 101 cm³/mol. The first-order chi connectivity index (χ1) is 13.2. The third kappa shape index (κ3) is 5.58. The van der Waals surface area contributed by atoms with Gasteiger partial charge >= 0.3 is 0 Å². The molecule has 1 aliphatic heterocycles. The highest BCUT2D eigenvalue weighted by atomic mass is 32.2. The van der Waals surface area contributed by atoms with Crippen molar-refractivity contribution >= 4 is 20.0 Å². The number of sulfonamides is 2. The van der Waals surface area contributed by atoms with Crippen LogP contribution in [0.5, 0.6) is 17.2 Å². The molecule has 0 atom stereocenters. The van der Waals surface area contributed by atoms with Gasteiger partial charge in [-0.1, -0.05) is 12.1 Å². The Kier molecular flexibility index (Phi) is 6.08. The van der Waals surface area contributed by atoms with E-state index in [9.17, 15) is 16.8 Å². The second-order valence-electron chi connectivity index (χ2n) is 6.05. The second-order valence-corrected chi connectivity index (χ2v) is 9.53. The van der Waals surface area contributed by atoms with Crippen molar-refractivity contribution in [1.82, 2.24) is 4.72 Å². The molecule has 3 N–H and O–H groups in total. The smallest absolute Gasteiger partial charge is 0.238 e.